The van der Waals surface area contributed by atoms with Crippen LogP contribution < -0.4 is 4.72 Å². The molecule has 2 aliphatic rings. The highest BCUT2D eigenvalue weighted by atomic mass is 32.2. The molecule has 1 N–H and O–H groups in total. The van der Waals surface area contributed by atoms with Gasteiger partial charge < -0.3 is 4.74 Å². The second-order valence-electron chi connectivity index (χ2n) is 8.66. The predicted octanol–water partition coefficient (Wildman–Crippen LogP) is 3.00. The van der Waals surface area contributed by atoms with Gasteiger partial charge in [-0.3, -0.25) is 4.79 Å². The van der Waals surface area contributed by atoms with Gasteiger partial charge in [0.15, 0.2) is 0 Å². The molecule has 3 rings (SSSR count). The molecular formula is C20H28FNO4S. The molecule has 150 valence electrons. The van der Waals surface area contributed by atoms with Gasteiger partial charge in [0.1, 0.15) is 17.2 Å². The summed E-state index contributed by atoms with van der Waals surface area (Å²) in [6, 6.07) is 6.15. The molecular weight excluding hydrogens is 369 g/mol. The van der Waals surface area contributed by atoms with Gasteiger partial charge in [0, 0.05) is 31.1 Å². The lowest BCUT2D eigenvalue weighted by Crippen LogP contribution is -2.48. The van der Waals surface area contributed by atoms with Crippen LogP contribution >= 0.6 is 0 Å². The van der Waals surface area contributed by atoms with Crippen molar-refractivity contribution in [2.45, 2.75) is 45.6 Å². The first-order chi connectivity index (χ1) is 12.5. The van der Waals surface area contributed by atoms with Gasteiger partial charge >= 0.3 is 0 Å². The number of carbonyl (C=O) groups is 1. The Balaban J connectivity index is 1.79. The molecule has 1 aromatic rings. The molecule has 2 fully saturated rings. The van der Waals surface area contributed by atoms with E-state index in [1.165, 1.54) is 13.2 Å². The molecule has 7 heteroatoms. The Morgan fingerprint density at radius 3 is 2.52 bits per heavy atom. The fraction of sp³-hybridized carbons (Fsp3) is 0.650. The van der Waals surface area contributed by atoms with Crippen molar-refractivity contribution in [1.29, 1.82) is 0 Å². The van der Waals surface area contributed by atoms with Crippen molar-refractivity contribution in [3.63, 3.8) is 0 Å². The average Bonchev–Trinajstić information content (AvgIpc) is 2.94. The summed E-state index contributed by atoms with van der Waals surface area (Å²) in [6.07, 6.45) is 1.96. The van der Waals surface area contributed by atoms with E-state index in [-0.39, 0.29) is 35.0 Å². The molecule has 0 aromatic heterocycles. The monoisotopic (exact) mass is 397 g/mol. The molecule has 0 saturated heterocycles. The second kappa shape index (κ2) is 6.64. The number of methoxy groups -OCH3 is 1. The molecule has 2 aliphatic carbocycles. The molecule has 27 heavy (non-hydrogen) atoms. The average molecular weight is 398 g/mol. The number of hydrogen-bond donors (Lipinski definition) is 1. The summed E-state index contributed by atoms with van der Waals surface area (Å²) in [5.74, 6) is -0.370. The number of rotatable bonds is 7. The normalized spacial score (nSPS) is 29.1. The first-order valence-electron chi connectivity index (χ1n) is 9.28. The third kappa shape index (κ3) is 3.23. The van der Waals surface area contributed by atoms with Crippen LogP contribution in [0.1, 0.15) is 45.6 Å². The third-order valence-electron chi connectivity index (χ3n) is 7.10. The van der Waals surface area contributed by atoms with E-state index in [9.17, 15) is 17.6 Å². The fourth-order valence-corrected chi connectivity index (χ4v) is 6.82. The lowest BCUT2D eigenvalue weighted by molar-refractivity contribution is -0.128. The SMILES string of the molecule is CO[C@@](C)(CNS(=O)(=O)C[C@]12CC[C@H](CC1=O)C2(C)C)c1ccccc1F. The largest absolute Gasteiger partial charge is 0.372 e. The van der Waals surface area contributed by atoms with Gasteiger partial charge in [0.05, 0.1) is 5.75 Å². The van der Waals surface area contributed by atoms with Crippen molar-refractivity contribution in [2.24, 2.45) is 16.7 Å². The van der Waals surface area contributed by atoms with Crippen LogP contribution in [-0.4, -0.2) is 33.6 Å². The van der Waals surface area contributed by atoms with Crippen LogP contribution in [0.2, 0.25) is 0 Å². The highest BCUT2D eigenvalue weighted by Crippen LogP contribution is 2.64. The summed E-state index contributed by atoms with van der Waals surface area (Å²) in [5, 5.41) is 0. The highest BCUT2D eigenvalue weighted by Gasteiger charge is 2.65. The van der Waals surface area contributed by atoms with Crippen LogP contribution in [0, 0.1) is 22.6 Å². The number of hydrogen-bond acceptors (Lipinski definition) is 4. The van der Waals surface area contributed by atoms with E-state index >= 15 is 0 Å². The van der Waals surface area contributed by atoms with Gasteiger partial charge in [-0.05, 0) is 37.2 Å². The Kier molecular flexibility index (Phi) is 5.02. The first kappa shape index (κ1) is 20.4. The van der Waals surface area contributed by atoms with Crippen molar-refractivity contribution in [3.8, 4) is 0 Å². The topological polar surface area (TPSA) is 72.5 Å². The number of Topliss-reactive ketones (excluding diaryl/α,β-unsaturated/α-hetero) is 1. The van der Waals surface area contributed by atoms with Gasteiger partial charge in [-0.2, -0.15) is 0 Å². The summed E-state index contributed by atoms with van der Waals surface area (Å²) >= 11 is 0. The third-order valence-corrected chi connectivity index (χ3v) is 8.56. The summed E-state index contributed by atoms with van der Waals surface area (Å²) in [7, 11) is -2.33. The van der Waals surface area contributed by atoms with Crippen molar-refractivity contribution >= 4 is 15.8 Å². The number of ketones is 1. The number of carbonyl (C=O) groups excluding carboxylic acids is 1. The van der Waals surface area contributed by atoms with Crippen LogP contribution in [0.4, 0.5) is 4.39 Å². The zero-order valence-corrected chi connectivity index (χ0v) is 17.2. The van der Waals surface area contributed by atoms with Gasteiger partial charge in [-0.25, -0.2) is 17.5 Å². The molecule has 2 saturated carbocycles. The number of sulfonamides is 1. The van der Waals surface area contributed by atoms with E-state index in [0.717, 1.165) is 6.42 Å². The summed E-state index contributed by atoms with van der Waals surface area (Å²) in [6.45, 7) is 5.54. The maximum Gasteiger partial charge on any atom is 0.212 e. The van der Waals surface area contributed by atoms with Gasteiger partial charge in [-0.15, -0.1) is 0 Å². The van der Waals surface area contributed by atoms with E-state index in [2.05, 4.69) is 4.72 Å². The minimum absolute atomic E-state index is 0.0535. The molecule has 0 amide bonds. The fourth-order valence-electron chi connectivity index (χ4n) is 4.90. The molecule has 0 aliphatic heterocycles. The molecule has 0 radical (unpaired) electrons. The van der Waals surface area contributed by atoms with E-state index in [1.807, 2.05) is 13.8 Å². The number of benzene rings is 1. The lowest BCUT2D eigenvalue weighted by Gasteiger charge is -2.36. The molecule has 1 aromatic carbocycles. The van der Waals surface area contributed by atoms with Crippen molar-refractivity contribution < 1.29 is 22.3 Å². The second-order valence-corrected chi connectivity index (χ2v) is 10.5. The number of halogens is 1. The molecule has 0 unspecified atom stereocenters. The maximum atomic E-state index is 14.2. The van der Waals surface area contributed by atoms with E-state index in [0.29, 0.717) is 12.8 Å². The van der Waals surface area contributed by atoms with Crippen LogP contribution in [0.5, 0.6) is 0 Å². The Morgan fingerprint density at radius 2 is 2.00 bits per heavy atom. The summed E-state index contributed by atoms with van der Waals surface area (Å²) in [4.78, 5) is 12.6. The van der Waals surface area contributed by atoms with Crippen molar-refractivity contribution in [2.75, 3.05) is 19.4 Å². The zero-order valence-electron chi connectivity index (χ0n) is 16.3. The molecule has 5 nitrogen and oxygen atoms in total. The van der Waals surface area contributed by atoms with Gasteiger partial charge in [0.25, 0.3) is 0 Å². The predicted molar refractivity (Wildman–Crippen MR) is 101 cm³/mol. The zero-order chi connectivity index (χ0) is 20.1. The smallest absolute Gasteiger partial charge is 0.212 e. The summed E-state index contributed by atoms with van der Waals surface area (Å²) in [5.41, 5.74) is -2.02. The number of fused-ring (bicyclic) bond motifs is 2. The lowest BCUT2D eigenvalue weighted by atomic mass is 9.70. The summed E-state index contributed by atoms with van der Waals surface area (Å²) < 4.78 is 48.0. The Labute approximate surface area is 160 Å². The standard InChI is InChI=1S/C20H28FNO4S/c1-18(2)14-9-10-20(18,17(23)11-14)13-27(24,25)22-12-19(3,26-4)15-7-5-6-8-16(15)21/h5-8,14,22H,9-13H2,1-4H3/t14-,19+,20-/m1/s1. The van der Waals surface area contributed by atoms with Crippen LogP contribution in [0.3, 0.4) is 0 Å². The Morgan fingerprint density at radius 1 is 1.33 bits per heavy atom. The quantitative estimate of drug-likeness (QED) is 0.768. The molecule has 3 atom stereocenters. The van der Waals surface area contributed by atoms with Crippen LogP contribution in [0.15, 0.2) is 24.3 Å². The number of nitrogens with one attached hydrogen (secondary N) is 1. The van der Waals surface area contributed by atoms with Gasteiger partial charge in [0.2, 0.25) is 10.0 Å². The minimum Gasteiger partial charge on any atom is -0.372 e. The Bertz CT molecular complexity index is 853. The first-order valence-corrected chi connectivity index (χ1v) is 10.9. The maximum absolute atomic E-state index is 14.2. The van der Waals surface area contributed by atoms with Gasteiger partial charge in [-0.1, -0.05) is 32.0 Å². The van der Waals surface area contributed by atoms with E-state index < -0.39 is 26.9 Å². The molecule has 0 heterocycles. The molecule has 2 bridgehead atoms. The highest BCUT2D eigenvalue weighted by molar-refractivity contribution is 7.89. The van der Waals surface area contributed by atoms with Crippen LogP contribution in [0.25, 0.3) is 0 Å². The molecule has 0 spiro atoms. The van der Waals surface area contributed by atoms with Crippen molar-refractivity contribution in [3.05, 3.63) is 35.6 Å². The van der Waals surface area contributed by atoms with Crippen LogP contribution in [-0.2, 0) is 25.2 Å². The van der Waals surface area contributed by atoms with E-state index in [4.69, 9.17) is 4.74 Å². The van der Waals surface area contributed by atoms with Crippen molar-refractivity contribution in [1.82, 2.24) is 4.72 Å². The van der Waals surface area contributed by atoms with E-state index in [1.54, 1.807) is 25.1 Å². The Hall–Kier alpha value is -1.31. The minimum atomic E-state index is -3.75. The number of ether oxygens (including phenoxy) is 1.